The maximum Gasteiger partial charge on any atom is 0.305 e. The van der Waals surface area contributed by atoms with E-state index in [1.165, 1.54) is 218 Å². The summed E-state index contributed by atoms with van der Waals surface area (Å²) in [7, 11) is 4.39. The van der Waals surface area contributed by atoms with E-state index in [1.807, 2.05) is 0 Å². The molecule has 0 aliphatic rings. The number of rotatable bonds is 49. The number of carbonyl (C=O) groups excluding carboxylic acids is 2. The lowest BCUT2D eigenvalue weighted by Gasteiger charge is -2.18. The molecule has 0 rings (SSSR count). The predicted molar refractivity (Wildman–Crippen MR) is 263 cm³/mol. The SMILES string of the molecule is CCCCCC(CCCCC)CCCOC(=O)CCCCCCCCCC(CCCCCCCCCC(=O)OCCCC(CCCCC)CCCCC)CCCCN(C)C. The number of unbranched alkanes of at least 4 members (excludes halogenated alkanes) is 21. The minimum atomic E-state index is 0.0222. The van der Waals surface area contributed by atoms with E-state index < -0.39 is 0 Å². The van der Waals surface area contributed by atoms with E-state index in [9.17, 15) is 9.59 Å². The minimum Gasteiger partial charge on any atom is -0.466 e. The zero-order chi connectivity index (χ0) is 44.0. The Morgan fingerprint density at radius 2 is 0.583 bits per heavy atom. The van der Waals surface area contributed by atoms with Crippen LogP contribution in [0.4, 0.5) is 0 Å². The lowest BCUT2D eigenvalue weighted by atomic mass is 9.90. The number of carbonyl (C=O) groups is 2. The Bertz CT molecular complexity index is 795. The van der Waals surface area contributed by atoms with Crippen molar-refractivity contribution in [2.24, 2.45) is 17.8 Å². The third kappa shape index (κ3) is 43.5. The second kappa shape index (κ2) is 47.4. The highest BCUT2D eigenvalue weighted by Crippen LogP contribution is 2.26. The smallest absolute Gasteiger partial charge is 0.305 e. The Morgan fingerprint density at radius 3 is 0.883 bits per heavy atom. The molecule has 0 aliphatic carbocycles. The van der Waals surface area contributed by atoms with Gasteiger partial charge >= 0.3 is 11.9 Å². The summed E-state index contributed by atoms with van der Waals surface area (Å²) in [5.41, 5.74) is 0. The van der Waals surface area contributed by atoms with Crippen molar-refractivity contribution < 1.29 is 19.1 Å². The molecule has 0 amide bonds. The molecule has 0 aliphatic heterocycles. The molecule has 0 fully saturated rings. The van der Waals surface area contributed by atoms with Crippen molar-refractivity contribution in [3.63, 3.8) is 0 Å². The second-order valence-electron chi connectivity index (χ2n) is 19.6. The molecule has 0 atom stereocenters. The molecule has 5 heteroatoms. The Balaban J connectivity index is 4.03. The van der Waals surface area contributed by atoms with Crippen LogP contribution in [0.15, 0.2) is 0 Å². The molecule has 0 heterocycles. The Hall–Kier alpha value is -1.10. The van der Waals surface area contributed by atoms with Crippen LogP contribution in [0.5, 0.6) is 0 Å². The topological polar surface area (TPSA) is 55.8 Å². The summed E-state index contributed by atoms with van der Waals surface area (Å²) in [4.78, 5) is 27.0. The van der Waals surface area contributed by atoms with E-state index in [1.54, 1.807) is 0 Å². The van der Waals surface area contributed by atoms with Gasteiger partial charge in [-0.15, -0.1) is 0 Å². The van der Waals surface area contributed by atoms with Gasteiger partial charge in [-0.3, -0.25) is 9.59 Å². The van der Waals surface area contributed by atoms with E-state index in [0.29, 0.717) is 26.1 Å². The molecule has 0 unspecified atom stereocenters. The number of esters is 2. The van der Waals surface area contributed by atoms with E-state index in [4.69, 9.17) is 9.47 Å². The first-order chi connectivity index (χ1) is 29.4. The number of nitrogens with zero attached hydrogens (tertiary/aromatic N) is 1. The van der Waals surface area contributed by atoms with Gasteiger partial charge in [-0.05, 0) is 83.3 Å². The number of hydrogen-bond donors (Lipinski definition) is 0. The molecule has 0 bridgehead atoms. The minimum absolute atomic E-state index is 0.0222. The van der Waals surface area contributed by atoms with Crippen molar-refractivity contribution in [2.75, 3.05) is 33.9 Å². The van der Waals surface area contributed by atoms with Gasteiger partial charge < -0.3 is 14.4 Å². The summed E-state index contributed by atoms with van der Waals surface area (Å²) in [6.45, 7) is 11.6. The average Bonchev–Trinajstić information content (AvgIpc) is 3.23. The monoisotopic (exact) mass is 848 g/mol. The van der Waals surface area contributed by atoms with Crippen LogP contribution in [-0.2, 0) is 19.1 Å². The summed E-state index contributed by atoms with van der Waals surface area (Å²) in [6, 6.07) is 0. The summed E-state index contributed by atoms with van der Waals surface area (Å²) < 4.78 is 11.2. The van der Waals surface area contributed by atoms with Gasteiger partial charge in [0, 0.05) is 12.8 Å². The lowest BCUT2D eigenvalue weighted by Crippen LogP contribution is -2.13. The van der Waals surface area contributed by atoms with Gasteiger partial charge in [0.05, 0.1) is 13.2 Å². The zero-order valence-corrected chi connectivity index (χ0v) is 41.9. The normalized spacial score (nSPS) is 11.8. The fraction of sp³-hybridized carbons (Fsp3) is 0.964. The molecule has 5 nitrogen and oxygen atoms in total. The summed E-state index contributed by atoms with van der Waals surface area (Å²) in [5, 5.41) is 0. The lowest BCUT2D eigenvalue weighted by molar-refractivity contribution is -0.144. The molecular weight excluding hydrogens is 739 g/mol. The van der Waals surface area contributed by atoms with Crippen molar-refractivity contribution in [3.8, 4) is 0 Å². The van der Waals surface area contributed by atoms with Gasteiger partial charge in [0.1, 0.15) is 0 Å². The standard InChI is InChI=1S/C55H109NO4/c1-7-11-25-37-52(38-26-12-8-2)44-35-49-59-54(57)46-31-23-19-15-17-21-29-41-51(43-33-34-48-56(5)6)42-30-22-18-16-20-24-32-47-55(58)60-50-36-45-53(39-27-13-9-3)40-28-14-10-4/h51-53H,7-50H2,1-6H3. The van der Waals surface area contributed by atoms with Crippen molar-refractivity contribution in [3.05, 3.63) is 0 Å². The Labute approximate surface area is 377 Å². The van der Waals surface area contributed by atoms with Gasteiger partial charge in [0.2, 0.25) is 0 Å². The molecule has 0 saturated carbocycles. The Kier molecular flexibility index (Phi) is 46.5. The van der Waals surface area contributed by atoms with Crippen LogP contribution in [0.2, 0.25) is 0 Å². The average molecular weight is 848 g/mol. The maximum absolute atomic E-state index is 12.3. The molecule has 0 aromatic carbocycles. The molecule has 0 saturated heterocycles. The van der Waals surface area contributed by atoms with Crippen LogP contribution in [0.3, 0.4) is 0 Å². The second-order valence-corrected chi connectivity index (χ2v) is 19.6. The highest BCUT2D eigenvalue weighted by Gasteiger charge is 2.12. The first-order valence-electron chi connectivity index (χ1n) is 27.3. The molecule has 0 aromatic heterocycles. The first kappa shape index (κ1) is 58.9. The van der Waals surface area contributed by atoms with E-state index in [-0.39, 0.29) is 11.9 Å². The highest BCUT2D eigenvalue weighted by molar-refractivity contribution is 5.69. The van der Waals surface area contributed by atoms with Crippen LogP contribution < -0.4 is 0 Å². The van der Waals surface area contributed by atoms with E-state index in [0.717, 1.165) is 56.3 Å². The third-order valence-corrected chi connectivity index (χ3v) is 13.4. The molecule has 358 valence electrons. The third-order valence-electron chi connectivity index (χ3n) is 13.4. The van der Waals surface area contributed by atoms with Crippen LogP contribution in [0, 0.1) is 17.8 Å². The van der Waals surface area contributed by atoms with Crippen molar-refractivity contribution in [1.82, 2.24) is 4.90 Å². The van der Waals surface area contributed by atoms with Gasteiger partial charge in [-0.1, -0.05) is 233 Å². The molecule has 0 radical (unpaired) electrons. The van der Waals surface area contributed by atoms with Crippen LogP contribution in [0.25, 0.3) is 0 Å². The fourth-order valence-electron chi connectivity index (χ4n) is 9.32. The summed E-state index contributed by atoms with van der Waals surface area (Å²) >= 11 is 0. The molecule has 60 heavy (non-hydrogen) atoms. The summed E-state index contributed by atoms with van der Waals surface area (Å²) in [5.74, 6) is 2.58. The van der Waals surface area contributed by atoms with Crippen molar-refractivity contribution >= 4 is 11.9 Å². The molecular formula is C55H109NO4. The van der Waals surface area contributed by atoms with Crippen LogP contribution in [-0.4, -0.2) is 50.7 Å². The van der Waals surface area contributed by atoms with Crippen LogP contribution in [0.1, 0.15) is 291 Å². The van der Waals surface area contributed by atoms with Gasteiger partial charge in [-0.2, -0.15) is 0 Å². The predicted octanol–water partition coefficient (Wildman–Crippen LogP) is 17.6. The van der Waals surface area contributed by atoms with Gasteiger partial charge in [0.25, 0.3) is 0 Å². The summed E-state index contributed by atoms with van der Waals surface area (Å²) in [6.07, 6.45) is 51.6. The van der Waals surface area contributed by atoms with Crippen molar-refractivity contribution in [1.29, 1.82) is 0 Å². The number of ether oxygens (including phenoxy) is 2. The van der Waals surface area contributed by atoms with E-state index >= 15 is 0 Å². The van der Waals surface area contributed by atoms with Gasteiger partial charge in [-0.25, -0.2) is 0 Å². The van der Waals surface area contributed by atoms with E-state index in [2.05, 4.69) is 46.7 Å². The molecule has 0 spiro atoms. The zero-order valence-electron chi connectivity index (χ0n) is 41.9. The first-order valence-corrected chi connectivity index (χ1v) is 27.3. The Morgan fingerprint density at radius 1 is 0.333 bits per heavy atom. The number of hydrogen-bond acceptors (Lipinski definition) is 5. The quantitative estimate of drug-likeness (QED) is 0.0451. The molecule has 0 aromatic rings. The van der Waals surface area contributed by atoms with Gasteiger partial charge in [0.15, 0.2) is 0 Å². The maximum atomic E-state index is 12.3. The molecule has 0 N–H and O–H groups in total. The highest BCUT2D eigenvalue weighted by atomic mass is 16.5. The fourth-order valence-corrected chi connectivity index (χ4v) is 9.32. The largest absolute Gasteiger partial charge is 0.466 e. The van der Waals surface area contributed by atoms with Crippen molar-refractivity contribution in [2.45, 2.75) is 291 Å². The van der Waals surface area contributed by atoms with Crippen LogP contribution >= 0.6 is 0 Å².